The van der Waals surface area contributed by atoms with Crippen LogP contribution < -0.4 is 103 Å². The number of fused-ring (bicyclic) bond motifs is 28. The molecule has 0 saturated heterocycles. The number of para-hydroxylation sites is 13. The molecular formula is C132H79B4N3O9. The minimum atomic E-state index is 0.0600. The number of nitrogens with zero attached hydrogens (tertiary/aromatic N) is 3. The SMILES string of the molecule is c1ccc2c(c1)Oc1ccc(-c3ccc(-n4c5ccccc5c5ccccc54)cc3)c3c1B2c1ccccc1O3.c1ccc2c(c1)Oc1cccc3c1B2c1cc(-c2ccc(-c4cccc5c4oc4ccccc45)cc2)ccc1O3.c1ccc2c(c1)Oc1cccc3c1B2c1cc(-n2c4ccccc4c4ccccc42)ccc1O3.c1ccc2c(c1)Oc1cccc3c1B2c1ccc(-n2c4ccccc4c4ccccc42)cc1O3. The molecule has 16 heteroatoms. The molecule has 26 aromatic rings. The van der Waals surface area contributed by atoms with Crippen molar-refractivity contribution < 1.29 is 42.3 Å². The van der Waals surface area contributed by atoms with Gasteiger partial charge in [-0.25, -0.2) is 0 Å². The zero-order chi connectivity index (χ0) is 96.9. The molecule has 8 aliphatic heterocycles. The molecule has 0 spiro atoms. The van der Waals surface area contributed by atoms with Crippen molar-refractivity contribution in [3.05, 3.63) is 479 Å². The summed E-state index contributed by atoms with van der Waals surface area (Å²) in [4.78, 5) is 0. The van der Waals surface area contributed by atoms with Crippen LogP contribution in [-0.2, 0) is 0 Å². The van der Waals surface area contributed by atoms with E-state index in [0.717, 1.165) is 197 Å². The van der Waals surface area contributed by atoms with Gasteiger partial charge < -0.3 is 56.0 Å². The third-order valence-electron chi connectivity index (χ3n) is 30.9. The fourth-order valence-electron chi connectivity index (χ4n) is 24.4. The molecule has 148 heavy (non-hydrogen) atoms. The van der Waals surface area contributed by atoms with Crippen LogP contribution in [0.15, 0.2) is 484 Å². The summed E-state index contributed by atoms with van der Waals surface area (Å²) in [5, 5.41) is 9.84. The highest BCUT2D eigenvalue weighted by atomic mass is 16.5. The first-order valence-electron chi connectivity index (χ1n) is 50.3. The molecule has 0 bridgehead atoms. The van der Waals surface area contributed by atoms with Gasteiger partial charge in [0, 0.05) is 99.2 Å². The molecule has 4 aromatic heterocycles. The van der Waals surface area contributed by atoms with Crippen LogP contribution in [0.3, 0.4) is 0 Å². The van der Waals surface area contributed by atoms with Crippen LogP contribution in [-0.4, -0.2) is 40.6 Å². The van der Waals surface area contributed by atoms with Gasteiger partial charge in [0.2, 0.25) is 0 Å². The van der Waals surface area contributed by atoms with Gasteiger partial charge in [0.05, 0.1) is 33.1 Å². The highest BCUT2D eigenvalue weighted by molar-refractivity contribution is 7.00. The average Bonchev–Trinajstić information content (AvgIpc) is 0.885. The Balaban J connectivity index is 0.0000000895. The zero-order valence-corrected chi connectivity index (χ0v) is 79.4. The molecule has 12 heterocycles. The molecule has 0 saturated carbocycles. The summed E-state index contributed by atoms with van der Waals surface area (Å²) in [6.07, 6.45) is 0. The largest absolute Gasteiger partial charge is 0.458 e. The molecule has 0 aliphatic carbocycles. The van der Waals surface area contributed by atoms with E-state index >= 15 is 0 Å². The molecule has 0 N–H and O–H groups in total. The molecule has 0 atom stereocenters. The Bertz CT molecular complexity index is 9900. The Hall–Kier alpha value is -19.3. The van der Waals surface area contributed by atoms with Crippen molar-refractivity contribution in [2.75, 3.05) is 0 Å². The smallest absolute Gasteiger partial charge is 0.260 e. The minimum absolute atomic E-state index is 0.0600. The van der Waals surface area contributed by atoms with E-state index in [-0.39, 0.29) is 26.9 Å². The number of aromatic nitrogens is 3. The van der Waals surface area contributed by atoms with Gasteiger partial charge in [-0.3, -0.25) is 0 Å². The van der Waals surface area contributed by atoms with Crippen LogP contribution in [0.25, 0.3) is 138 Å². The monoisotopic (exact) mass is 1890 g/mol. The van der Waals surface area contributed by atoms with Crippen molar-refractivity contribution in [3.8, 4) is 142 Å². The Kier molecular flexibility index (Phi) is 18.7. The van der Waals surface area contributed by atoms with Gasteiger partial charge in [-0.05, 0) is 230 Å². The lowest BCUT2D eigenvalue weighted by atomic mass is 9.34. The lowest BCUT2D eigenvalue weighted by molar-refractivity contribution is 0.464. The van der Waals surface area contributed by atoms with Gasteiger partial charge in [0.1, 0.15) is 103 Å². The number of rotatable bonds is 6. The van der Waals surface area contributed by atoms with Crippen LogP contribution in [0.1, 0.15) is 0 Å². The molecular weight excluding hydrogens is 1810 g/mol. The van der Waals surface area contributed by atoms with Crippen LogP contribution in [0.2, 0.25) is 0 Å². The molecule has 0 radical (unpaired) electrons. The van der Waals surface area contributed by atoms with E-state index in [4.69, 9.17) is 42.3 Å². The van der Waals surface area contributed by atoms with E-state index in [2.05, 4.69) is 384 Å². The molecule has 22 aromatic carbocycles. The van der Waals surface area contributed by atoms with Crippen molar-refractivity contribution in [2.24, 2.45) is 0 Å². The number of hydrogen-bond acceptors (Lipinski definition) is 9. The van der Waals surface area contributed by atoms with E-state index in [1.165, 1.54) is 98.2 Å². The molecule has 0 unspecified atom stereocenters. The number of hydrogen-bond donors (Lipinski definition) is 0. The van der Waals surface area contributed by atoms with Crippen molar-refractivity contribution in [1.29, 1.82) is 0 Å². The van der Waals surface area contributed by atoms with Crippen LogP contribution >= 0.6 is 0 Å². The van der Waals surface area contributed by atoms with Crippen molar-refractivity contribution in [3.63, 3.8) is 0 Å². The van der Waals surface area contributed by atoms with Gasteiger partial charge in [0.25, 0.3) is 26.9 Å². The second-order valence-electron chi connectivity index (χ2n) is 38.8. The van der Waals surface area contributed by atoms with E-state index in [9.17, 15) is 0 Å². The fraction of sp³-hybridized carbons (Fsp3) is 0. The highest BCUT2D eigenvalue weighted by Gasteiger charge is 2.46. The normalized spacial score (nSPS) is 13.0. The van der Waals surface area contributed by atoms with Crippen LogP contribution in [0, 0.1) is 0 Å². The maximum atomic E-state index is 6.66. The van der Waals surface area contributed by atoms with Crippen molar-refractivity contribution in [1.82, 2.24) is 13.7 Å². The highest BCUT2D eigenvalue weighted by Crippen LogP contribution is 2.47. The van der Waals surface area contributed by atoms with Crippen LogP contribution in [0.5, 0.6) is 92.0 Å². The van der Waals surface area contributed by atoms with Gasteiger partial charge >= 0.3 is 0 Å². The van der Waals surface area contributed by atoms with Crippen molar-refractivity contribution in [2.45, 2.75) is 0 Å². The second kappa shape index (κ2) is 33.1. The van der Waals surface area contributed by atoms with Crippen LogP contribution in [0.4, 0.5) is 0 Å². The average molecular weight is 1890 g/mol. The molecule has 0 fully saturated rings. The van der Waals surface area contributed by atoms with E-state index < -0.39 is 0 Å². The van der Waals surface area contributed by atoms with E-state index in [1.54, 1.807) is 0 Å². The first-order valence-corrected chi connectivity index (χ1v) is 50.3. The lowest BCUT2D eigenvalue weighted by Crippen LogP contribution is -2.57. The first-order chi connectivity index (χ1) is 73.4. The molecule has 688 valence electrons. The maximum Gasteiger partial charge on any atom is 0.260 e. The van der Waals surface area contributed by atoms with E-state index in [0.29, 0.717) is 0 Å². The summed E-state index contributed by atoms with van der Waals surface area (Å²) < 4.78 is 64.4. The first kappa shape index (κ1) is 83.3. The Labute approximate surface area is 851 Å². The number of furan rings is 1. The molecule has 0 amide bonds. The maximum absolute atomic E-state index is 6.66. The summed E-state index contributed by atoms with van der Waals surface area (Å²) in [6, 6.07) is 168. The number of benzene rings is 22. The van der Waals surface area contributed by atoms with Crippen molar-refractivity contribution >= 4 is 180 Å². The summed E-state index contributed by atoms with van der Waals surface area (Å²) in [6.45, 7) is 0.279. The minimum Gasteiger partial charge on any atom is -0.458 e. The van der Waals surface area contributed by atoms with Gasteiger partial charge in [-0.15, -0.1) is 0 Å². The summed E-state index contributed by atoms with van der Waals surface area (Å²) in [5.74, 6) is 14.2. The zero-order valence-electron chi connectivity index (χ0n) is 79.4. The lowest BCUT2D eigenvalue weighted by Gasteiger charge is -2.33. The van der Waals surface area contributed by atoms with Gasteiger partial charge in [0.15, 0.2) is 0 Å². The standard InChI is InChI=1S/C36H22BNO2.C36H21BO3.2C30H18BNO2/c1-5-13-30-26(9-1)27-10-2-6-14-31(27)38(30)24-19-17-23(18-20-24)25-21-22-34-35-36(25)40-33-16-8-4-12-29(33)37(35)28-11-3-7-15-32(28)39-34;1-3-11-30-26(7-1)27-9-5-8-25(36(27)40-30)23-17-15-22(16-18-23)24-19-20-32-29(21-24)37-28-10-2-4-12-31(28)38-33-13-6-14-34(39-32)35(33)37;1-4-11-24-20(8-1)21-9-2-5-12-25(21)32(24)19-16-17-27-23(18-19)31-22-10-3-6-13-26(22)33-28-14-7-15-29(34-27)30(28)31;1-4-11-24-20(8-1)21-9-2-5-12-25(21)32(24)19-16-17-23-29(18-19)34-28-15-7-14-27-30(28)31(23)22-10-3-6-13-26(22)33-27/h1-22H;1-21H;2*1-18H. The third kappa shape index (κ3) is 13.0. The second-order valence-corrected chi connectivity index (χ2v) is 38.8. The Morgan fingerprint density at radius 1 is 0.155 bits per heavy atom. The molecule has 12 nitrogen and oxygen atoms in total. The topological polar surface area (TPSA) is 102 Å². The fourth-order valence-corrected chi connectivity index (χ4v) is 24.4. The molecule has 34 rings (SSSR count). The van der Waals surface area contributed by atoms with Gasteiger partial charge in [-0.1, -0.05) is 309 Å². The Morgan fingerprint density at radius 3 is 0.899 bits per heavy atom. The predicted octanol–water partition coefficient (Wildman–Crippen LogP) is 25.8. The third-order valence-corrected chi connectivity index (χ3v) is 30.9. The quantitative estimate of drug-likeness (QED) is 0.151. The van der Waals surface area contributed by atoms with Gasteiger partial charge in [-0.2, -0.15) is 0 Å². The number of ether oxygens (including phenoxy) is 8. The summed E-state index contributed by atoms with van der Waals surface area (Å²) >= 11 is 0. The Morgan fingerprint density at radius 2 is 0.439 bits per heavy atom. The van der Waals surface area contributed by atoms with E-state index in [1.807, 2.05) is 109 Å². The summed E-state index contributed by atoms with van der Waals surface area (Å²) in [7, 11) is 0. The molecule has 8 aliphatic rings. The summed E-state index contributed by atoms with van der Waals surface area (Å²) in [5.41, 5.74) is 32.9. The predicted molar refractivity (Wildman–Crippen MR) is 603 cm³/mol.